The molecule has 0 spiro atoms. The van der Waals surface area contributed by atoms with Crippen LogP contribution in [0.4, 0.5) is 22.7 Å². The van der Waals surface area contributed by atoms with Crippen molar-refractivity contribution in [1.29, 1.82) is 0 Å². The molecule has 0 bridgehead atoms. The van der Waals surface area contributed by atoms with Crippen molar-refractivity contribution in [1.82, 2.24) is 0 Å². The number of para-hydroxylation sites is 1. The molecule has 0 atom stereocenters. The van der Waals surface area contributed by atoms with E-state index in [9.17, 15) is 13.2 Å². The van der Waals surface area contributed by atoms with Gasteiger partial charge in [-0.1, -0.05) is 18.2 Å². The molecule has 0 unspecified atom stereocenters. The van der Waals surface area contributed by atoms with Crippen molar-refractivity contribution < 1.29 is 30.2 Å². The molecule has 0 saturated heterocycles. The minimum atomic E-state index is -3.80. The van der Waals surface area contributed by atoms with Gasteiger partial charge in [-0.05, 0) is 30.3 Å². The van der Waals surface area contributed by atoms with Crippen molar-refractivity contribution in [3.63, 3.8) is 0 Å². The fourth-order valence-electron chi connectivity index (χ4n) is 3.28. The van der Waals surface area contributed by atoms with E-state index in [4.69, 9.17) is 0 Å². The van der Waals surface area contributed by atoms with Gasteiger partial charge in [-0.2, -0.15) is 0 Å². The number of nitrogens with one attached hydrogen (secondary N) is 2. The highest BCUT2D eigenvalue weighted by Crippen LogP contribution is 2.28. The summed E-state index contributed by atoms with van der Waals surface area (Å²) in [6.07, 6.45) is 4.10. The minimum absolute atomic E-state index is 0. The molecule has 3 rings (SSSR count). The third-order valence-corrected chi connectivity index (χ3v) is 7.08. The number of nitrogens with zero attached hydrogens (tertiary/aromatic N) is 3. The minimum Gasteiger partial charge on any atom is -1.00 e. The lowest BCUT2D eigenvalue weighted by molar-refractivity contribution is -0.695. The number of carbonyl (C=O) groups is 1. The number of amides is 1. The summed E-state index contributed by atoms with van der Waals surface area (Å²) in [6.45, 7) is 0.503. The second-order valence-electron chi connectivity index (χ2n) is 7.75. The Morgan fingerprint density at radius 3 is 2.15 bits per heavy atom. The Balaban J connectivity index is 0.00000408. The lowest BCUT2D eigenvalue weighted by atomic mass is 10.2. The van der Waals surface area contributed by atoms with Gasteiger partial charge in [0.25, 0.3) is 10.0 Å². The van der Waals surface area contributed by atoms with Crippen LogP contribution in [-0.2, 0) is 21.4 Å². The van der Waals surface area contributed by atoms with Crippen molar-refractivity contribution in [2.75, 3.05) is 48.0 Å². The van der Waals surface area contributed by atoms with Gasteiger partial charge >= 0.3 is 0 Å². The molecule has 2 N–H and O–H groups in total. The van der Waals surface area contributed by atoms with E-state index in [1.807, 2.05) is 54.2 Å². The number of rotatable bonds is 9. The van der Waals surface area contributed by atoms with Crippen molar-refractivity contribution >= 4 is 38.7 Å². The zero-order valence-electron chi connectivity index (χ0n) is 19.7. The Bertz CT molecular complexity index is 1200. The van der Waals surface area contributed by atoms with E-state index < -0.39 is 10.0 Å². The van der Waals surface area contributed by atoms with Crippen LogP contribution < -0.4 is 36.8 Å². The molecule has 8 nitrogen and oxygen atoms in total. The van der Waals surface area contributed by atoms with Gasteiger partial charge in [0.05, 0.1) is 28.4 Å². The van der Waals surface area contributed by atoms with E-state index in [2.05, 4.69) is 10.6 Å². The molecule has 0 fully saturated rings. The Morgan fingerprint density at radius 1 is 0.912 bits per heavy atom. The fourth-order valence-corrected chi connectivity index (χ4v) is 4.50. The molecule has 182 valence electrons. The highest BCUT2D eigenvalue weighted by Gasteiger charge is 2.23. The van der Waals surface area contributed by atoms with Crippen molar-refractivity contribution in [2.45, 2.75) is 17.9 Å². The highest BCUT2D eigenvalue weighted by molar-refractivity contribution is 7.92. The number of halogens is 1. The van der Waals surface area contributed by atoms with Crippen LogP contribution in [0.1, 0.15) is 6.42 Å². The van der Waals surface area contributed by atoms with Crippen LogP contribution in [0.5, 0.6) is 0 Å². The summed E-state index contributed by atoms with van der Waals surface area (Å²) in [5.41, 5.74) is 2.68. The molecule has 34 heavy (non-hydrogen) atoms. The summed E-state index contributed by atoms with van der Waals surface area (Å²) < 4.78 is 29.4. The summed E-state index contributed by atoms with van der Waals surface area (Å²) in [4.78, 5) is 14.7. The molecule has 1 heterocycles. The van der Waals surface area contributed by atoms with Crippen molar-refractivity contribution in [2.24, 2.45) is 0 Å². The Morgan fingerprint density at radius 2 is 1.56 bits per heavy atom. The number of carbonyl (C=O) groups excluding carboxylic acids is 1. The summed E-state index contributed by atoms with van der Waals surface area (Å²) >= 11 is 0. The van der Waals surface area contributed by atoms with Crippen LogP contribution in [0.15, 0.2) is 78.0 Å². The first kappa shape index (κ1) is 26.9. The van der Waals surface area contributed by atoms with Gasteiger partial charge in [0.1, 0.15) is 0 Å². The van der Waals surface area contributed by atoms with Gasteiger partial charge in [0, 0.05) is 46.0 Å². The largest absolute Gasteiger partial charge is 1.00 e. The van der Waals surface area contributed by atoms with Crippen LogP contribution in [0.3, 0.4) is 0 Å². The van der Waals surface area contributed by atoms with Gasteiger partial charge in [-0.3, -0.25) is 9.10 Å². The average molecular weight is 504 g/mol. The smallest absolute Gasteiger partial charge is 0.264 e. The quantitative estimate of drug-likeness (QED) is 0.400. The molecule has 10 heteroatoms. The van der Waals surface area contributed by atoms with E-state index >= 15 is 0 Å². The third kappa shape index (κ3) is 6.39. The predicted molar refractivity (Wildman–Crippen MR) is 132 cm³/mol. The topological polar surface area (TPSA) is 85.6 Å². The SMILES string of the molecule is CNc1ccc(S(=O)(=O)N(C)c2ccccc2)cc1NC(=O)CC[n+]1ccc(N(C)C)cc1.[Cl-]. The first-order valence-electron chi connectivity index (χ1n) is 10.5. The summed E-state index contributed by atoms with van der Waals surface area (Å²) in [5, 5.41) is 5.84. The number of aryl methyl sites for hydroxylation is 1. The number of sulfonamides is 1. The highest BCUT2D eigenvalue weighted by atomic mass is 35.5. The maximum atomic E-state index is 13.1. The summed E-state index contributed by atoms with van der Waals surface area (Å²) in [7, 11) is 3.37. The molecule has 0 aliphatic carbocycles. The lowest BCUT2D eigenvalue weighted by Crippen LogP contribution is -3.00. The normalized spacial score (nSPS) is 10.7. The fraction of sp³-hybridized carbons (Fsp3) is 0.250. The van der Waals surface area contributed by atoms with Crippen LogP contribution in [0, 0.1) is 0 Å². The van der Waals surface area contributed by atoms with E-state index in [0.717, 1.165) is 5.69 Å². The average Bonchev–Trinajstić information content (AvgIpc) is 2.83. The maximum Gasteiger partial charge on any atom is 0.264 e. The van der Waals surface area contributed by atoms with Gasteiger partial charge in [-0.15, -0.1) is 0 Å². The maximum absolute atomic E-state index is 13.1. The zero-order chi connectivity index (χ0) is 24.0. The molecule has 0 aliphatic rings. The summed E-state index contributed by atoms with van der Waals surface area (Å²) in [6, 6.07) is 17.5. The molecule has 1 aromatic heterocycles. The monoisotopic (exact) mass is 503 g/mol. The zero-order valence-corrected chi connectivity index (χ0v) is 21.3. The number of hydrogen-bond donors (Lipinski definition) is 2. The van der Waals surface area contributed by atoms with Gasteiger partial charge < -0.3 is 27.9 Å². The van der Waals surface area contributed by atoms with E-state index in [-0.39, 0.29) is 29.6 Å². The Hall–Kier alpha value is -3.30. The van der Waals surface area contributed by atoms with Crippen LogP contribution >= 0.6 is 0 Å². The second kappa shape index (κ2) is 11.7. The van der Waals surface area contributed by atoms with Gasteiger partial charge in [-0.25, -0.2) is 13.0 Å². The number of pyridine rings is 1. The van der Waals surface area contributed by atoms with Gasteiger partial charge in [0.2, 0.25) is 5.91 Å². The molecule has 0 saturated carbocycles. The van der Waals surface area contributed by atoms with E-state index in [1.165, 1.54) is 23.5 Å². The number of hydrogen-bond acceptors (Lipinski definition) is 5. The van der Waals surface area contributed by atoms with Crippen molar-refractivity contribution in [3.8, 4) is 0 Å². The van der Waals surface area contributed by atoms with E-state index in [0.29, 0.717) is 23.6 Å². The van der Waals surface area contributed by atoms with Crippen LogP contribution in [0.25, 0.3) is 0 Å². The van der Waals surface area contributed by atoms with Crippen LogP contribution in [-0.4, -0.2) is 42.5 Å². The molecular weight excluding hydrogens is 474 g/mol. The third-order valence-electron chi connectivity index (χ3n) is 5.30. The number of anilines is 4. The first-order chi connectivity index (χ1) is 15.7. The van der Waals surface area contributed by atoms with Crippen LogP contribution in [0.2, 0.25) is 0 Å². The predicted octanol–water partition coefficient (Wildman–Crippen LogP) is -0.0603. The number of aromatic nitrogens is 1. The Kier molecular flexibility index (Phi) is 9.28. The number of benzene rings is 2. The summed E-state index contributed by atoms with van der Waals surface area (Å²) in [5.74, 6) is -0.207. The second-order valence-corrected chi connectivity index (χ2v) is 9.72. The standard InChI is InChI=1S/C24H29N5O3S.ClH/c1-25-22-11-10-21(33(31,32)28(4)20-8-6-5-7-9-20)18-23(22)26-24(30)14-17-29-15-12-19(13-16-29)27(2)3;/h5-13,15-16,18,25H,14,17H2,1-4H3;1H. The first-order valence-corrected chi connectivity index (χ1v) is 12.0. The molecule has 3 aromatic rings. The van der Waals surface area contributed by atoms with Gasteiger partial charge in [0.15, 0.2) is 18.9 Å². The molecular formula is C24H30ClN5O3S. The lowest BCUT2D eigenvalue weighted by Gasteiger charge is -2.20. The molecule has 2 aromatic carbocycles. The van der Waals surface area contributed by atoms with Crippen molar-refractivity contribution in [3.05, 3.63) is 73.1 Å². The Labute approximate surface area is 207 Å². The molecule has 1 amide bonds. The molecule has 0 radical (unpaired) electrons. The molecule has 0 aliphatic heterocycles. The van der Waals surface area contributed by atoms with E-state index in [1.54, 1.807) is 37.4 Å².